The number of pyridine rings is 2. The van der Waals surface area contributed by atoms with Gasteiger partial charge in [-0.1, -0.05) is 6.07 Å². The number of hydrogen-bond acceptors (Lipinski definition) is 6. The molecule has 9 heteroatoms. The van der Waals surface area contributed by atoms with Gasteiger partial charge in [-0.2, -0.15) is 0 Å². The minimum Gasteiger partial charge on any atom is -0.344 e. The summed E-state index contributed by atoms with van der Waals surface area (Å²) in [6, 6.07) is 9.94. The molecule has 0 saturated carbocycles. The standard InChI is InChI=1S/C22H22N6O3/c1-13(2)26-11-17(21(29)16-10-15(28(30)31)8-9-20(16)26)18-6-5-7-19(24-18)22-25-23-12-27(22)14(3)4/h5-14H,1-4H3. The van der Waals surface area contributed by atoms with Gasteiger partial charge in [0.05, 0.1) is 27.1 Å². The maximum absolute atomic E-state index is 13.3. The summed E-state index contributed by atoms with van der Waals surface area (Å²) in [6.07, 6.45) is 3.41. The lowest BCUT2D eigenvalue weighted by Crippen LogP contribution is -2.14. The lowest BCUT2D eigenvalue weighted by atomic mass is 10.1. The molecule has 0 atom stereocenters. The first-order chi connectivity index (χ1) is 14.8. The molecule has 0 aliphatic heterocycles. The number of hydrogen-bond donors (Lipinski definition) is 0. The van der Waals surface area contributed by atoms with Crippen LogP contribution in [0.15, 0.2) is 53.7 Å². The van der Waals surface area contributed by atoms with E-state index < -0.39 is 4.92 Å². The van der Waals surface area contributed by atoms with Crippen molar-refractivity contribution in [2.24, 2.45) is 0 Å². The Labute approximate surface area is 178 Å². The normalized spacial score (nSPS) is 11.5. The van der Waals surface area contributed by atoms with Gasteiger partial charge in [0.1, 0.15) is 12.0 Å². The van der Waals surface area contributed by atoms with Gasteiger partial charge in [-0.3, -0.25) is 14.9 Å². The van der Waals surface area contributed by atoms with Crippen LogP contribution in [0.2, 0.25) is 0 Å². The van der Waals surface area contributed by atoms with Gasteiger partial charge in [-0.05, 0) is 45.9 Å². The maximum atomic E-state index is 13.3. The van der Waals surface area contributed by atoms with E-state index in [1.54, 1.807) is 24.7 Å². The van der Waals surface area contributed by atoms with Crippen molar-refractivity contribution in [3.05, 3.63) is 69.3 Å². The molecule has 3 heterocycles. The zero-order chi connectivity index (χ0) is 22.3. The highest BCUT2D eigenvalue weighted by Gasteiger charge is 2.18. The van der Waals surface area contributed by atoms with Crippen LogP contribution in [0.5, 0.6) is 0 Å². The van der Waals surface area contributed by atoms with Crippen molar-refractivity contribution in [2.45, 2.75) is 39.8 Å². The molecule has 0 bridgehead atoms. The van der Waals surface area contributed by atoms with Gasteiger partial charge in [0, 0.05) is 30.4 Å². The zero-order valence-corrected chi connectivity index (χ0v) is 17.7. The van der Waals surface area contributed by atoms with Crippen molar-refractivity contribution in [2.75, 3.05) is 0 Å². The molecule has 4 rings (SSSR count). The van der Waals surface area contributed by atoms with Gasteiger partial charge in [0.2, 0.25) is 0 Å². The first-order valence-corrected chi connectivity index (χ1v) is 9.98. The van der Waals surface area contributed by atoms with Crippen LogP contribution in [0, 0.1) is 10.1 Å². The minimum atomic E-state index is -0.497. The van der Waals surface area contributed by atoms with E-state index in [4.69, 9.17) is 0 Å². The Hall–Kier alpha value is -3.88. The fourth-order valence-electron chi connectivity index (χ4n) is 3.58. The third-order valence-corrected chi connectivity index (χ3v) is 5.17. The Bertz CT molecular complexity index is 1350. The van der Waals surface area contributed by atoms with Crippen LogP contribution in [0.1, 0.15) is 39.8 Å². The van der Waals surface area contributed by atoms with Crippen molar-refractivity contribution >= 4 is 16.6 Å². The highest BCUT2D eigenvalue weighted by Crippen LogP contribution is 2.26. The molecule has 0 radical (unpaired) electrons. The fraction of sp³-hybridized carbons (Fsp3) is 0.273. The van der Waals surface area contributed by atoms with Crippen LogP contribution in [-0.2, 0) is 0 Å². The topological polar surface area (TPSA) is 109 Å². The quantitative estimate of drug-likeness (QED) is 0.351. The van der Waals surface area contributed by atoms with E-state index in [0.717, 1.165) is 0 Å². The summed E-state index contributed by atoms with van der Waals surface area (Å²) in [4.78, 5) is 28.8. The van der Waals surface area contributed by atoms with Crippen LogP contribution >= 0.6 is 0 Å². The van der Waals surface area contributed by atoms with Crippen LogP contribution in [0.25, 0.3) is 33.7 Å². The van der Waals surface area contributed by atoms with Crippen molar-refractivity contribution < 1.29 is 4.92 Å². The SMILES string of the molecule is CC(C)n1cnnc1-c1cccc(-c2cn(C(C)C)c3ccc([N+](=O)[O-])cc3c2=O)n1. The van der Waals surface area contributed by atoms with Gasteiger partial charge in [-0.25, -0.2) is 4.98 Å². The Morgan fingerprint density at radius 3 is 2.39 bits per heavy atom. The summed E-state index contributed by atoms with van der Waals surface area (Å²) in [5.74, 6) is 0.609. The van der Waals surface area contributed by atoms with E-state index in [2.05, 4.69) is 15.2 Å². The number of benzene rings is 1. The molecule has 3 aromatic heterocycles. The highest BCUT2D eigenvalue weighted by molar-refractivity contribution is 5.85. The van der Waals surface area contributed by atoms with Crippen LogP contribution < -0.4 is 5.43 Å². The van der Waals surface area contributed by atoms with Gasteiger partial charge < -0.3 is 9.13 Å². The number of nitrogens with zero attached hydrogens (tertiary/aromatic N) is 6. The molecule has 0 spiro atoms. The molecule has 9 nitrogen and oxygen atoms in total. The van der Waals surface area contributed by atoms with Crippen LogP contribution in [0.4, 0.5) is 5.69 Å². The largest absolute Gasteiger partial charge is 0.344 e. The predicted molar refractivity (Wildman–Crippen MR) is 118 cm³/mol. The molecule has 4 aromatic rings. The molecule has 0 aliphatic rings. The lowest BCUT2D eigenvalue weighted by molar-refractivity contribution is -0.384. The number of fused-ring (bicyclic) bond motifs is 1. The van der Waals surface area contributed by atoms with E-state index >= 15 is 0 Å². The smallest absolute Gasteiger partial charge is 0.270 e. The average molecular weight is 418 g/mol. The monoisotopic (exact) mass is 418 g/mol. The summed E-state index contributed by atoms with van der Waals surface area (Å²) < 4.78 is 3.84. The van der Waals surface area contributed by atoms with Gasteiger partial charge in [-0.15, -0.1) is 10.2 Å². The second-order valence-electron chi connectivity index (χ2n) is 7.90. The number of aromatic nitrogens is 5. The molecule has 0 N–H and O–H groups in total. The van der Waals surface area contributed by atoms with Crippen LogP contribution in [-0.4, -0.2) is 29.2 Å². The highest BCUT2D eigenvalue weighted by atomic mass is 16.6. The molecule has 0 fully saturated rings. The maximum Gasteiger partial charge on any atom is 0.270 e. The fourth-order valence-corrected chi connectivity index (χ4v) is 3.58. The van der Waals surface area contributed by atoms with Gasteiger partial charge >= 0.3 is 0 Å². The first-order valence-electron chi connectivity index (χ1n) is 9.98. The molecule has 0 aliphatic carbocycles. The van der Waals surface area contributed by atoms with E-state index in [9.17, 15) is 14.9 Å². The second kappa shape index (κ2) is 7.75. The Balaban J connectivity index is 1.96. The summed E-state index contributed by atoms with van der Waals surface area (Å²) in [7, 11) is 0. The lowest BCUT2D eigenvalue weighted by Gasteiger charge is -2.17. The van der Waals surface area contributed by atoms with Crippen molar-refractivity contribution in [3.8, 4) is 22.8 Å². The second-order valence-corrected chi connectivity index (χ2v) is 7.90. The Morgan fingerprint density at radius 2 is 1.71 bits per heavy atom. The number of rotatable bonds is 5. The number of nitro groups is 1. The van der Waals surface area contributed by atoms with Gasteiger partial charge in [0.15, 0.2) is 11.3 Å². The molecule has 0 saturated heterocycles. The van der Waals surface area contributed by atoms with Crippen LogP contribution in [0.3, 0.4) is 0 Å². The average Bonchev–Trinajstić information content (AvgIpc) is 3.24. The molecule has 31 heavy (non-hydrogen) atoms. The van der Waals surface area contributed by atoms with E-state index in [1.807, 2.05) is 49.0 Å². The minimum absolute atomic E-state index is 0.0375. The first kappa shape index (κ1) is 20.4. The molecule has 1 aromatic carbocycles. The van der Waals surface area contributed by atoms with Crippen molar-refractivity contribution in [1.29, 1.82) is 0 Å². The third kappa shape index (κ3) is 3.58. The summed E-state index contributed by atoms with van der Waals surface area (Å²) >= 11 is 0. The third-order valence-electron chi connectivity index (χ3n) is 5.17. The molecule has 0 amide bonds. The Morgan fingerprint density at radius 1 is 1.00 bits per heavy atom. The van der Waals surface area contributed by atoms with Crippen molar-refractivity contribution in [1.82, 2.24) is 24.3 Å². The number of nitro benzene ring substituents is 1. The van der Waals surface area contributed by atoms with Crippen molar-refractivity contribution in [3.63, 3.8) is 0 Å². The van der Waals surface area contributed by atoms with E-state index in [-0.39, 0.29) is 28.6 Å². The number of non-ortho nitro benzene ring substituents is 1. The van der Waals surface area contributed by atoms with Gasteiger partial charge in [0.25, 0.3) is 5.69 Å². The molecular formula is C22H22N6O3. The Kier molecular flexibility index (Phi) is 5.10. The molecule has 158 valence electrons. The predicted octanol–water partition coefficient (Wildman–Crippen LogP) is 4.39. The summed E-state index contributed by atoms with van der Waals surface area (Å²) in [6.45, 7) is 8.02. The zero-order valence-electron chi connectivity index (χ0n) is 17.7. The van der Waals surface area contributed by atoms with E-state index in [1.165, 1.54) is 12.1 Å². The summed E-state index contributed by atoms with van der Waals surface area (Å²) in [5.41, 5.74) is 1.67. The summed E-state index contributed by atoms with van der Waals surface area (Å²) in [5, 5.41) is 19.7. The van der Waals surface area contributed by atoms with E-state index in [0.29, 0.717) is 28.3 Å². The molecular weight excluding hydrogens is 396 g/mol. The molecule has 0 unspecified atom stereocenters.